The van der Waals surface area contributed by atoms with Crippen LogP contribution >= 0.6 is 0 Å². The smallest absolute Gasteiger partial charge is 0.236 e. The highest BCUT2D eigenvalue weighted by Crippen LogP contribution is 2.23. The fourth-order valence-corrected chi connectivity index (χ4v) is 4.03. The molecule has 164 valence electrons. The van der Waals surface area contributed by atoms with Crippen LogP contribution in [0.2, 0.25) is 0 Å². The first-order valence-electron chi connectivity index (χ1n) is 10.8. The maximum absolute atomic E-state index is 12.6. The molecule has 8 nitrogen and oxygen atoms in total. The van der Waals surface area contributed by atoms with E-state index in [1.54, 1.807) is 7.05 Å². The average Bonchev–Trinajstić information content (AvgIpc) is 2.80. The van der Waals surface area contributed by atoms with E-state index >= 15 is 0 Å². The maximum Gasteiger partial charge on any atom is 0.236 e. The van der Waals surface area contributed by atoms with Gasteiger partial charge >= 0.3 is 0 Å². The first-order chi connectivity index (χ1) is 14.6. The number of amides is 2. The number of hydrogen-bond donors (Lipinski definition) is 2. The third-order valence-electron chi connectivity index (χ3n) is 6.01. The second-order valence-electron chi connectivity index (χ2n) is 7.94. The molecule has 1 atom stereocenters. The zero-order chi connectivity index (χ0) is 21.3. The molecule has 0 aromatic heterocycles. The molecule has 1 aromatic rings. The molecule has 2 fully saturated rings. The number of nitrogens with zero attached hydrogens (tertiary/aromatic N) is 3. The summed E-state index contributed by atoms with van der Waals surface area (Å²) in [4.78, 5) is 41.9. The van der Waals surface area contributed by atoms with E-state index < -0.39 is 0 Å². The number of aldehydes is 1. The standard InChI is InChI=1S/C22H33N5O3/c1-23-21(29)7-4-19(17-28)18-2-5-20(6-3-18)26-12-14-27(15-13-26)22(30)16-25-10-8-24-9-11-25/h2-3,5-6,17,19,24H,4,7-16H2,1H3,(H,23,29). The maximum atomic E-state index is 12.6. The third kappa shape index (κ3) is 6.03. The minimum Gasteiger partial charge on any atom is -0.368 e. The van der Waals surface area contributed by atoms with Crippen molar-refractivity contribution >= 4 is 23.8 Å². The summed E-state index contributed by atoms with van der Waals surface area (Å²) in [6.45, 7) is 7.36. The summed E-state index contributed by atoms with van der Waals surface area (Å²) in [5.41, 5.74) is 2.03. The first kappa shape index (κ1) is 22.2. The summed E-state index contributed by atoms with van der Waals surface area (Å²) in [6.07, 6.45) is 1.77. The van der Waals surface area contributed by atoms with Crippen molar-refractivity contribution in [2.45, 2.75) is 18.8 Å². The van der Waals surface area contributed by atoms with Crippen molar-refractivity contribution in [1.82, 2.24) is 20.4 Å². The Hall–Kier alpha value is -2.45. The molecule has 0 radical (unpaired) electrons. The number of benzene rings is 1. The van der Waals surface area contributed by atoms with Crippen LogP contribution in [0.4, 0.5) is 5.69 Å². The zero-order valence-corrected chi connectivity index (χ0v) is 17.8. The first-order valence-corrected chi connectivity index (χ1v) is 10.8. The molecule has 8 heteroatoms. The van der Waals surface area contributed by atoms with Gasteiger partial charge in [-0.15, -0.1) is 0 Å². The van der Waals surface area contributed by atoms with E-state index in [4.69, 9.17) is 0 Å². The Morgan fingerprint density at radius 3 is 2.33 bits per heavy atom. The molecule has 3 rings (SSSR count). The lowest BCUT2D eigenvalue weighted by Gasteiger charge is -2.37. The number of anilines is 1. The van der Waals surface area contributed by atoms with Crippen molar-refractivity contribution in [3.63, 3.8) is 0 Å². The molecule has 2 saturated heterocycles. The quantitative estimate of drug-likeness (QED) is 0.584. The van der Waals surface area contributed by atoms with Crippen molar-refractivity contribution in [3.05, 3.63) is 29.8 Å². The minimum atomic E-state index is -0.268. The van der Waals surface area contributed by atoms with Crippen LogP contribution in [-0.4, -0.2) is 93.9 Å². The van der Waals surface area contributed by atoms with E-state index in [1.165, 1.54) is 0 Å². The van der Waals surface area contributed by atoms with Crippen molar-refractivity contribution in [2.24, 2.45) is 0 Å². The van der Waals surface area contributed by atoms with Gasteiger partial charge in [-0.25, -0.2) is 0 Å². The predicted molar refractivity (Wildman–Crippen MR) is 117 cm³/mol. The van der Waals surface area contributed by atoms with Crippen LogP contribution in [0.25, 0.3) is 0 Å². The van der Waals surface area contributed by atoms with E-state index in [0.717, 1.165) is 69.9 Å². The van der Waals surface area contributed by atoms with Gasteiger partial charge in [0, 0.05) is 77.4 Å². The summed E-state index contributed by atoms with van der Waals surface area (Å²) in [7, 11) is 1.60. The lowest BCUT2D eigenvalue weighted by atomic mass is 9.95. The molecule has 1 unspecified atom stereocenters. The molecule has 2 N–H and O–H groups in total. The van der Waals surface area contributed by atoms with Crippen LogP contribution in [-0.2, 0) is 14.4 Å². The molecule has 2 amide bonds. The number of nitrogens with one attached hydrogen (secondary N) is 2. The van der Waals surface area contributed by atoms with Crippen molar-refractivity contribution in [1.29, 1.82) is 0 Å². The van der Waals surface area contributed by atoms with Gasteiger partial charge in [0.1, 0.15) is 6.29 Å². The number of hydrogen-bond acceptors (Lipinski definition) is 6. The average molecular weight is 416 g/mol. The fourth-order valence-electron chi connectivity index (χ4n) is 4.03. The van der Waals surface area contributed by atoms with E-state index in [2.05, 4.69) is 20.4 Å². The van der Waals surface area contributed by atoms with Crippen LogP contribution in [0.1, 0.15) is 24.3 Å². The number of piperazine rings is 2. The minimum absolute atomic E-state index is 0.0529. The molecule has 2 aliphatic heterocycles. The molecule has 2 aliphatic rings. The number of carbonyl (C=O) groups excluding carboxylic acids is 3. The van der Waals surface area contributed by atoms with Gasteiger partial charge in [-0.3, -0.25) is 14.5 Å². The second kappa shape index (κ2) is 11.1. The molecule has 0 spiro atoms. The zero-order valence-electron chi connectivity index (χ0n) is 17.8. The molecule has 0 saturated carbocycles. The summed E-state index contributed by atoms with van der Waals surface area (Å²) in [5.74, 6) is -0.101. The predicted octanol–water partition coefficient (Wildman–Crippen LogP) is 0.0491. The van der Waals surface area contributed by atoms with Crippen LogP contribution in [0.5, 0.6) is 0 Å². The highest BCUT2D eigenvalue weighted by molar-refractivity contribution is 5.78. The molecule has 1 aromatic carbocycles. The van der Waals surface area contributed by atoms with Crippen LogP contribution in [0, 0.1) is 0 Å². The normalized spacial score (nSPS) is 18.7. The Balaban J connectivity index is 1.48. The Kier molecular flexibility index (Phi) is 8.21. The van der Waals surface area contributed by atoms with E-state index in [9.17, 15) is 14.4 Å². The van der Waals surface area contributed by atoms with Gasteiger partial charge in [0.05, 0.1) is 6.54 Å². The molecular formula is C22H33N5O3. The number of rotatable bonds is 8. The van der Waals surface area contributed by atoms with Crippen LogP contribution in [0.15, 0.2) is 24.3 Å². The Labute approximate surface area is 178 Å². The Morgan fingerprint density at radius 1 is 1.07 bits per heavy atom. The van der Waals surface area contributed by atoms with Gasteiger partial charge in [0.2, 0.25) is 11.8 Å². The topological polar surface area (TPSA) is 85.0 Å². The lowest BCUT2D eigenvalue weighted by Crippen LogP contribution is -2.53. The monoisotopic (exact) mass is 415 g/mol. The van der Waals surface area contributed by atoms with Gasteiger partial charge in [0.15, 0.2) is 0 Å². The van der Waals surface area contributed by atoms with Crippen molar-refractivity contribution in [2.75, 3.05) is 70.9 Å². The Bertz CT molecular complexity index is 710. The van der Waals surface area contributed by atoms with Crippen LogP contribution < -0.4 is 15.5 Å². The largest absolute Gasteiger partial charge is 0.368 e. The van der Waals surface area contributed by atoms with Gasteiger partial charge in [-0.1, -0.05) is 12.1 Å². The van der Waals surface area contributed by atoms with Gasteiger partial charge in [-0.2, -0.15) is 0 Å². The molecule has 30 heavy (non-hydrogen) atoms. The second-order valence-corrected chi connectivity index (χ2v) is 7.94. The Morgan fingerprint density at radius 2 is 1.73 bits per heavy atom. The van der Waals surface area contributed by atoms with Crippen molar-refractivity contribution in [3.8, 4) is 0 Å². The fraction of sp³-hybridized carbons (Fsp3) is 0.591. The van der Waals surface area contributed by atoms with Crippen LogP contribution in [0.3, 0.4) is 0 Å². The molecule has 2 heterocycles. The van der Waals surface area contributed by atoms with Gasteiger partial charge in [0.25, 0.3) is 0 Å². The van der Waals surface area contributed by atoms with E-state index in [-0.39, 0.29) is 17.7 Å². The third-order valence-corrected chi connectivity index (χ3v) is 6.01. The summed E-state index contributed by atoms with van der Waals surface area (Å²) < 4.78 is 0. The summed E-state index contributed by atoms with van der Waals surface area (Å²) >= 11 is 0. The SMILES string of the molecule is CNC(=O)CCC(C=O)c1ccc(N2CCN(C(=O)CN3CCNCC3)CC2)cc1. The lowest BCUT2D eigenvalue weighted by molar-refractivity contribution is -0.132. The molecule has 0 aliphatic carbocycles. The highest BCUT2D eigenvalue weighted by atomic mass is 16.2. The van der Waals surface area contributed by atoms with E-state index in [0.29, 0.717) is 19.4 Å². The molecule has 0 bridgehead atoms. The summed E-state index contributed by atoms with van der Waals surface area (Å²) in [6, 6.07) is 8.01. The van der Waals surface area contributed by atoms with E-state index in [1.807, 2.05) is 29.2 Å². The highest BCUT2D eigenvalue weighted by Gasteiger charge is 2.23. The van der Waals surface area contributed by atoms with Gasteiger partial charge in [-0.05, 0) is 24.1 Å². The molecular weight excluding hydrogens is 382 g/mol. The summed E-state index contributed by atoms with van der Waals surface area (Å²) in [5, 5.41) is 5.90. The number of carbonyl (C=O) groups is 3. The van der Waals surface area contributed by atoms with Crippen molar-refractivity contribution < 1.29 is 14.4 Å². The van der Waals surface area contributed by atoms with Gasteiger partial charge < -0.3 is 25.2 Å².